The molecule has 1 N–H and O–H groups in total. The maximum Gasteiger partial charge on any atom is 0.149 e. The lowest BCUT2D eigenvalue weighted by molar-refractivity contribution is 0.540. The minimum absolute atomic E-state index is 0.136. The Bertz CT molecular complexity index is 447. The first-order valence-electron chi connectivity index (χ1n) is 7.94. The molecule has 2 rings (SSSR count). The van der Waals surface area contributed by atoms with Crippen molar-refractivity contribution in [3.63, 3.8) is 0 Å². The fourth-order valence-corrected chi connectivity index (χ4v) is 2.52. The van der Waals surface area contributed by atoms with E-state index in [1.165, 1.54) is 25.0 Å². The topological polar surface area (TPSA) is 15.3 Å². The summed E-state index contributed by atoms with van der Waals surface area (Å²) >= 11 is 0. The predicted octanol–water partition coefficient (Wildman–Crippen LogP) is 3.95. The first kappa shape index (κ1) is 16.2. The Hall–Kier alpha value is -1.16. The van der Waals surface area contributed by atoms with E-state index in [9.17, 15) is 8.78 Å². The van der Waals surface area contributed by atoms with Gasteiger partial charge in [0, 0.05) is 19.6 Å². The van der Waals surface area contributed by atoms with E-state index in [0.717, 1.165) is 13.1 Å². The van der Waals surface area contributed by atoms with Gasteiger partial charge in [-0.1, -0.05) is 13.8 Å². The van der Waals surface area contributed by atoms with Gasteiger partial charge in [-0.15, -0.1) is 0 Å². The predicted molar refractivity (Wildman–Crippen MR) is 83.5 cm³/mol. The van der Waals surface area contributed by atoms with E-state index in [-0.39, 0.29) is 5.69 Å². The summed E-state index contributed by atoms with van der Waals surface area (Å²) in [6.45, 7) is 8.89. The third-order valence-electron chi connectivity index (χ3n) is 3.83. The van der Waals surface area contributed by atoms with Crippen LogP contribution in [0.4, 0.5) is 14.5 Å². The highest BCUT2D eigenvalue weighted by molar-refractivity contribution is 5.51. The number of rotatable bonds is 8. The zero-order valence-electron chi connectivity index (χ0n) is 13.3. The zero-order valence-corrected chi connectivity index (χ0v) is 13.3. The molecular weight excluding hydrogens is 270 g/mol. The Morgan fingerprint density at radius 1 is 1.24 bits per heavy atom. The van der Waals surface area contributed by atoms with Crippen LogP contribution in [-0.2, 0) is 6.54 Å². The Balaban J connectivity index is 2.08. The normalized spacial score (nSPS) is 14.8. The largest absolute Gasteiger partial charge is 0.367 e. The maximum atomic E-state index is 14.3. The van der Waals surface area contributed by atoms with Crippen LogP contribution in [0.5, 0.6) is 0 Å². The van der Waals surface area contributed by atoms with E-state index in [4.69, 9.17) is 0 Å². The van der Waals surface area contributed by atoms with Crippen LogP contribution in [0.2, 0.25) is 0 Å². The molecule has 1 fully saturated rings. The van der Waals surface area contributed by atoms with Gasteiger partial charge < -0.3 is 10.2 Å². The highest BCUT2D eigenvalue weighted by Crippen LogP contribution is 2.33. The summed E-state index contributed by atoms with van der Waals surface area (Å²) in [7, 11) is 0. The highest BCUT2D eigenvalue weighted by atomic mass is 19.1. The number of halogens is 2. The molecule has 0 radical (unpaired) electrons. The molecule has 0 saturated heterocycles. The van der Waals surface area contributed by atoms with Crippen molar-refractivity contribution < 1.29 is 8.78 Å². The smallest absolute Gasteiger partial charge is 0.149 e. The number of hydrogen-bond donors (Lipinski definition) is 1. The average molecular weight is 296 g/mol. The molecule has 118 valence electrons. The molecule has 1 aliphatic rings. The molecule has 0 aliphatic heterocycles. The Morgan fingerprint density at radius 2 is 1.86 bits per heavy atom. The van der Waals surface area contributed by atoms with Gasteiger partial charge in [-0.05, 0) is 55.8 Å². The quantitative estimate of drug-likeness (QED) is 0.781. The van der Waals surface area contributed by atoms with Gasteiger partial charge in [0.15, 0.2) is 0 Å². The molecule has 0 atom stereocenters. The Labute approximate surface area is 126 Å². The van der Waals surface area contributed by atoms with E-state index < -0.39 is 11.6 Å². The fraction of sp³-hybridized carbons (Fsp3) is 0.647. The van der Waals surface area contributed by atoms with Gasteiger partial charge in [0.2, 0.25) is 0 Å². The van der Waals surface area contributed by atoms with Crippen LogP contribution in [0, 0.1) is 23.5 Å². The van der Waals surface area contributed by atoms with Gasteiger partial charge in [-0.3, -0.25) is 0 Å². The average Bonchev–Trinajstić information content (AvgIpc) is 3.20. The van der Waals surface area contributed by atoms with Crippen LogP contribution in [0.25, 0.3) is 0 Å². The number of benzene rings is 1. The van der Waals surface area contributed by atoms with E-state index >= 15 is 0 Å². The molecular formula is C17H26F2N2. The van der Waals surface area contributed by atoms with Crippen molar-refractivity contribution >= 4 is 5.69 Å². The van der Waals surface area contributed by atoms with Gasteiger partial charge in [-0.2, -0.15) is 0 Å². The lowest BCUT2D eigenvalue weighted by Gasteiger charge is -2.24. The molecule has 2 nitrogen and oxygen atoms in total. The van der Waals surface area contributed by atoms with Gasteiger partial charge in [0.25, 0.3) is 0 Å². The number of anilines is 1. The van der Waals surface area contributed by atoms with Crippen molar-refractivity contribution in [3.05, 3.63) is 29.3 Å². The van der Waals surface area contributed by atoms with Crippen molar-refractivity contribution in [2.45, 2.75) is 40.2 Å². The zero-order chi connectivity index (χ0) is 15.4. The van der Waals surface area contributed by atoms with Crippen molar-refractivity contribution in [1.82, 2.24) is 5.32 Å². The lowest BCUT2D eigenvalue weighted by atomic mass is 10.1. The van der Waals surface area contributed by atoms with Crippen LogP contribution in [0.1, 0.15) is 39.2 Å². The summed E-state index contributed by atoms with van der Waals surface area (Å²) < 4.78 is 28.6. The molecule has 0 bridgehead atoms. The fourth-order valence-electron chi connectivity index (χ4n) is 2.52. The molecule has 21 heavy (non-hydrogen) atoms. The van der Waals surface area contributed by atoms with Crippen LogP contribution >= 0.6 is 0 Å². The summed E-state index contributed by atoms with van der Waals surface area (Å²) in [5.41, 5.74) is 0.800. The molecule has 1 aromatic rings. The van der Waals surface area contributed by atoms with E-state index in [0.29, 0.717) is 30.5 Å². The van der Waals surface area contributed by atoms with Gasteiger partial charge in [0.05, 0.1) is 0 Å². The first-order valence-corrected chi connectivity index (χ1v) is 7.94. The number of hydrogen-bond acceptors (Lipinski definition) is 2. The second-order valence-corrected chi connectivity index (χ2v) is 6.41. The summed E-state index contributed by atoms with van der Waals surface area (Å²) in [6.07, 6.45) is 2.36. The van der Waals surface area contributed by atoms with Crippen LogP contribution in [0.15, 0.2) is 12.1 Å². The summed E-state index contributed by atoms with van der Waals surface area (Å²) in [5, 5.41) is 3.21. The third kappa shape index (κ3) is 4.67. The summed E-state index contributed by atoms with van der Waals surface area (Å²) in [5.74, 6) is 0.238. The van der Waals surface area contributed by atoms with Crippen LogP contribution < -0.4 is 10.2 Å². The molecule has 0 amide bonds. The molecule has 0 aromatic heterocycles. The third-order valence-corrected chi connectivity index (χ3v) is 3.83. The molecule has 0 unspecified atom stereocenters. The van der Waals surface area contributed by atoms with E-state index in [1.54, 1.807) is 0 Å². The van der Waals surface area contributed by atoms with Crippen molar-refractivity contribution in [2.24, 2.45) is 11.8 Å². The van der Waals surface area contributed by atoms with Crippen molar-refractivity contribution in [1.29, 1.82) is 0 Å². The van der Waals surface area contributed by atoms with Crippen LogP contribution in [-0.4, -0.2) is 19.6 Å². The van der Waals surface area contributed by atoms with Gasteiger partial charge in [0.1, 0.15) is 17.3 Å². The second kappa shape index (κ2) is 7.21. The van der Waals surface area contributed by atoms with Crippen LogP contribution in [0.3, 0.4) is 0 Å². The minimum Gasteiger partial charge on any atom is -0.367 e. The van der Waals surface area contributed by atoms with Crippen molar-refractivity contribution in [2.75, 3.05) is 24.5 Å². The SMILES string of the molecule is CCN(CC1CC1)c1c(F)cc(CNCC(C)C)cc1F. The highest BCUT2D eigenvalue weighted by Gasteiger charge is 2.26. The number of nitrogens with one attached hydrogen (secondary N) is 1. The van der Waals surface area contributed by atoms with E-state index in [1.807, 2.05) is 11.8 Å². The lowest BCUT2D eigenvalue weighted by Crippen LogP contribution is -2.27. The summed E-state index contributed by atoms with van der Waals surface area (Å²) in [6, 6.07) is 2.92. The molecule has 1 aliphatic carbocycles. The molecule has 0 spiro atoms. The standard InChI is InChI=1S/C17H26F2N2/c1-4-21(11-13-5-6-13)17-15(18)7-14(8-16(17)19)10-20-9-12(2)3/h7-8,12-13,20H,4-6,9-11H2,1-3H3. The Kier molecular flexibility index (Phi) is 5.57. The second-order valence-electron chi connectivity index (χ2n) is 6.41. The molecule has 1 saturated carbocycles. The Morgan fingerprint density at radius 3 is 2.33 bits per heavy atom. The first-order chi connectivity index (χ1) is 10.0. The van der Waals surface area contributed by atoms with Gasteiger partial charge >= 0.3 is 0 Å². The molecule has 1 aromatic carbocycles. The van der Waals surface area contributed by atoms with E-state index in [2.05, 4.69) is 19.2 Å². The minimum atomic E-state index is -0.446. The monoisotopic (exact) mass is 296 g/mol. The summed E-state index contributed by atoms with van der Waals surface area (Å²) in [4.78, 5) is 1.83. The molecule has 0 heterocycles. The number of nitrogens with zero attached hydrogens (tertiary/aromatic N) is 1. The van der Waals surface area contributed by atoms with Gasteiger partial charge in [-0.25, -0.2) is 8.78 Å². The van der Waals surface area contributed by atoms with Crippen molar-refractivity contribution in [3.8, 4) is 0 Å². The maximum absolute atomic E-state index is 14.3. The molecule has 4 heteroatoms.